The van der Waals surface area contributed by atoms with Crippen molar-refractivity contribution >= 4 is 23.5 Å². The van der Waals surface area contributed by atoms with Gasteiger partial charge in [0.15, 0.2) is 0 Å². The van der Waals surface area contributed by atoms with Crippen molar-refractivity contribution in [1.29, 1.82) is 5.26 Å². The summed E-state index contributed by atoms with van der Waals surface area (Å²) in [5.41, 5.74) is 3.34. The number of carbonyl (C=O) groups is 1. The quantitative estimate of drug-likeness (QED) is 0.771. The Bertz CT molecular complexity index is 798. The average Bonchev–Trinajstić information content (AvgIpc) is 2.68. The number of para-hydroxylation sites is 1. The van der Waals surface area contributed by atoms with E-state index < -0.39 is 0 Å². The van der Waals surface area contributed by atoms with Gasteiger partial charge in [-0.15, -0.1) is 11.8 Å². The van der Waals surface area contributed by atoms with Crippen LogP contribution >= 0.6 is 11.8 Å². The van der Waals surface area contributed by atoms with Gasteiger partial charge in [-0.1, -0.05) is 42.0 Å². The van der Waals surface area contributed by atoms with E-state index in [4.69, 9.17) is 5.26 Å². The number of rotatable bonds is 4. The summed E-state index contributed by atoms with van der Waals surface area (Å²) in [5, 5.41) is 12.1. The van der Waals surface area contributed by atoms with Gasteiger partial charge in [-0.05, 0) is 37.5 Å². The molecule has 1 fully saturated rings. The molecule has 4 nitrogen and oxygen atoms in total. The first-order chi connectivity index (χ1) is 12.7. The van der Waals surface area contributed by atoms with Gasteiger partial charge >= 0.3 is 6.03 Å². The Balaban J connectivity index is 1.64. The molecule has 5 heteroatoms. The van der Waals surface area contributed by atoms with Crippen molar-refractivity contribution in [3.63, 3.8) is 0 Å². The molecule has 0 saturated carbocycles. The number of carbonyl (C=O) groups excluding carboxylic acids is 1. The number of thioether (sulfide) groups is 1. The lowest BCUT2D eigenvalue weighted by Gasteiger charge is -2.29. The molecule has 26 heavy (non-hydrogen) atoms. The third kappa shape index (κ3) is 4.80. The summed E-state index contributed by atoms with van der Waals surface area (Å²) in [4.78, 5) is 15.4. The second-order valence-electron chi connectivity index (χ2n) is 6.61. The van der Waals surface area contributed by atoms with E-state index in [9.17, 15) is 4.79 Å². The highest BCUT2D eigenvalue weighted by Crippen LogP contribution is 2.30. The molecule has 1 atom stereocenters. The van der Waals surface area contributed by atoms with E-state index >= 15 is 0 Å². The fourth-order valence-electron chi connectivity index (χ4n) is 3.00. The van der Waals surface area contributed by atoms with Crippen molar-refractivity contribution < 1.29 is 4.79 Å². The van der Waals surface area contributed by atoms with Crippen molar-refractivity contribution in [3.05, 3.63) is 59.7 Å². The lowest BCUT2D eigenvalue weighted by Crippen LogP contribution is -2.42. The van der Waals surface area contributed by atoms with Crippen molar-refractivity contribution in [2.75, 3.05) is 18.4 Å². The molecule has 2 amide bonds. The Morgan fingerprint density at radius 3 is 2.81 bits per heavy atom. The Morgan fingerprint density at radius 2 is 2.04 bits per heavy atom. The van der Waals surface area contributed by atoms with Crippen LogP contribution in [-0.2, 0) is 5.75 Å². The third-order valence-corrected chi connectivity index (χ3v) is 5.68. The number of hydrogen-bond acceptors (Lipinski definition) is 3. The van der Waals surface area contributed by atoms with Gasteiger partial charge in [0.1, 0.15) is 0 Å². The minimum Gasteiger partial charge on any atom is -0.323 e. The van der Waals surface area contributed by atoms with Crippen LogP contribution in [0, 0.1) is 24.2 Å². The maximum Gasteiger partial charge on any atom is 0.321 e. The number of hydrogen-bond donors (Lipinski definition) is 1. The molecular formula is C21H23N3OS. The van der Waals surface area contributed by atoms with Crippen LogP contribution in [0.15, 0.2) is 53.4 Å². The zero-order valence-electron chi connectivity index (χ0n) is 14.9. The van der Waals surface area contributed by atoms with E-state index in [1.807, 2.05) is 24.3 Å². The number of nitrogens with one attached hydrogen (secondary N) is 1. The highest BCUT2D eigenvalue weighted by atomic mass is 32.2. The second kappa shape index (κ2) is 8.77. The minimum atomic E-state index is -0.117. The SMILES string of the molecule is Cc1ccc(CSc2ccccc2NC(=O)N2CCC[C@@H](C#N)C2)cc1. The number of nitrogens with zero attached hydrogens (tertiary/aromatic N) is 2. The highest BCUT2D eigenvalue weighted by Gasteiger charge is 2.23. The van der Waals surface area contributed by atoms with Gasteiger partial charge in [-0.3, -0.25) is 0 Å². The van der Waals surface area contributed by atoms with Crippen molar-refractivity contribution in [2.24, 2.45) is 5.92 Å². The molecular weight excluding hydrogens is 342 g/mol. The molecule has 1 N–H and O–H groups in total. The van der Waals surface area contributed by atoms with Gasteiger partial charge in [-0.25, -0.2) is 4.79 Å². The number of likely N-dealkylation sites (tertiary alicyclic amines) is 1. The van der Waals surface area contributed by atoms with Gasteiger partial charge in [0, 0.05) is 23.7 Å². The lowest BCUT2D eigenvalue weighted by atomic mass is 10.0. The van der Waals surface area contributed by atoms with Crippen molar-refractivity contribution in [2.45, 2.75) is 30.4 Å². The van der Waals surface area contributed by atoms with Crippen LogP contribution in [0.4, 0.5) is 10.5 Å². The molecule has 0 bridgehead atoms. The summed E-state index contributed by atoms with van der Waals surface area (Å²) in [6.45, 7) is 3.31. The Hall–Kier alpha value is -2.45. The summed E-state index contributed by atoms with van der Waals surface area (Å²) >= 11 is 1.71. The van der Waals surface area contributed by atoms with Crippen LogP contribution in [-0.4, -0.2) is 24.0 Å². The maximum absolute atomic E-state index is 12.6. The van der Waals surface area contributed by atoms with Crippen LogP contribution in [0.5, 0.6) is 0 Å². The van der Waals surface area contributed by atoms with Crippen LogP contribution in [0.25, 0.3) is 0 Å². The molecule has 3 rings (SSSR count). The van der Waals surface area contributed by atoms with Crippen molar-refractivity contribution in [3.8, 4) is 6.07 Å². The average molecular weight is 366 g/mol. The molecule has 134 valence electrons. The monoisotopic (exact) mass is 365 g/mol. The lowest BCUT2D eigenvalue weighted by molar-refractivity contribution is 0.189. The number of urea groups is 1. The maximum atomic E-state index is 12.6. The summed E-state index contributed by atoms with van der Waals surface area (Å²) < 4.78 is 0. The van der Waals surface area contributed by atoms with E-state index in [0.29, 0.717) is 13.1 Å². The number of benzene rings is 2. The Labute approximate surface area is 159 Å². The molecule has 0 spiro atoms. The number of nitriles is 1. The van der Waals surface area contributed by atoms with Gasteiger partial charge in [-0.2, -0.15) is 5.26 Å². The Morgan fingerprint density at radius 1 is 1.27 bits per heavy atom. The summed E-state index contributed by atoms with van der Waals surface area (Å²) in [6.07, 6.45) is 1.76. The first-order valence-electron chi connectivity index (χ1n) is 8.88. The largest absolute Gasteiger partial charge is 0.323 e. The van der Waals surface area contributed by atoms with Crippen LogP contribution in [0.2, 0.25) is 0 Å². The predicted molar refractivity (Wildman–Crippen MR) is 106 cm³/mol. The minimum absolute atomic E-state index is 0.0549. The van der Waals surface area contributed by atoms with E-state index in [-0.39, 0.29) is 11.9 Å². The van der Waals surface area contributed by atoms with E-state index in [2.05, 4.69) is 42.6 Å². The molecule has 2 aromatic rings. The smallest absolute Gasteiger partial charge is 0.321 e. The fourth-order valence-corrected chi connectivity index (χ4v) is 3.97. The number of anilines is 1. The van der Waals surface area contributed by atoms with E-state index in [1.165, 1.54) is 11.1 Å². The van der Waals surface area contributed by atoms with Crippen LogP contribution < -0.4 is 5.32 Å². The first-order valence-corrected chi connectivity index (χ1v) is 9.87. The first kappa shape index (κ1) is 18.3. The molecule has 1 aliphatic rings. The molecule has 1 heterocycles. The summed E-state index contributed by atoms with van der Waals surface area (Å²) in [6, 6.07) is 18.6. The standard InChI is InChI=1S/C21H23N3OS/c1-16-8-10-17(11-9-16)15-26-20-7-3-2-6-19(20)23-21(25)24-12-4-5-18(13-22)14-24/h2-3,6-11,18H,4-5,12,14-15H2,1H3,(H,23,25)/t18-/m0/s1. The van der Waals surface area contributed by atoms with Crippen LogP contribution in [0.1, 0.15) is 24.0 Å². The molecule has 0 aromatic heterocycles. The summed E-state index contributed by atoms with van der Waals surface area (Å²) in [7, 11) is 0. The van der Waals surface area contributed by atoms with Crippen molar-refractivity contribution in [1.82, 2.24) is 4.90 Å². The molecule has 0 radical (unpaired) electrons. The second-order valence-corrected chi connectivity index (χ2v) is 7.63. The zero-order valence-corrected chi connectivity index (χ0v) is 15.8. The molecule has 1 saturated heterocycles. The van der Waals surface area contributed by atoms with Gasteiger partial charge < -0.3 is 10.2 Å². The number of amides is 2. The molecule has 1 aliphatic heterocycles. The van der Waals surface area contributed by atoms with E-state index in [0.717, 1.165) is 29.2 Å². The van der Waals surface area contributed by atoms with E-state index in [1.54, 1.807) is 16.7 Å². The highest BCUT2D eigenvalue weighted by molar-refractivity contribution is 7.98. The number of piperidine rings is 1. The van der Waals surface area contributed by atoms with Crippen LogP contribution in [0.3, 0.4) is 0 Å². The third-order valence-electron chi connectivity index (χ3n) is 4.53. The number of aryl methyl sites for hydroxylation is 1. The topological polar surface area (TPSA) is 56.1 Å². The molecule has 2 aromatic carbocycles. The predicted octanol–water partition coefficient (Wildman–Crippen LogP) is 5.05. The molecule has 0 unspecified atom stereocenters. The molecule has 0 aliphatic carbocycles. The Kier molecular flexibility index (Phi) is 6.19. The normalized spacial score (nSPS) is 16.8. The zero-order chi connectivity index (χ0) is 18.4. The summed E-state index contributed by atoms with van der Waals surface area (Å²) in [5.74, 6) is 0.800. The van der Waals surface area contributed by atoms with Gasteiger partial charge in [0.05, 0.1) is 17.7 Å². The fraction of sp³-hybridized carbons (Fsp3) is 0.333. The van der Waals surface area contributed by atoms with Gasteiger partial charge in [0.25, 0.3) is 0 Å². The van der Waals surface area contributed by atoms with Gasteiger partial charge in [0.2, 0.25) is 0 Å².